The summed E-state index contributed by atoms with van der Waals surface area (Å²) in [5, 5.41) is 0. The van der Waals surface area contributed by atoms with Gasteiger partial charge in [-0.3, -0.25) is 9.69 Å². The summed E-state index contributed by atoms with van der Waals surface area (Å²) in [5.74, 6) is 0.147. The van der Waals surface area contributed by atoms with Crippen molar-refractivity contribution in [3.8, 4) is 0 Å². The minimum atomic E-state index is -0.0278. The number of carbonyl (C=O) groups is 1. The lowest BCUT2D eigenvalue weighted by molar-refractivity contribution is -0.122. The molecule has 2 heterocycles. The Labute approximate surface area is 162 Å². The van der Waals surface area contributed by atoms with E-state index in [9.17, 15) is 4.79 Å². The molecule has 3 aromatic rings. The SMILES string of the molecule is Cl.O=C(C1CCc2[nH]cnc2C1)N1c2ccccc2Sc2ccccc21. The van der Waals surface area contributed by atoms with Crippen LogP contribution in [0.25, 0.3) is 0 Å². The maximum Gasteiger partial charge on any atom is 0.235 e. The predicted octanol–water partition coefficient (Wildman–Crippen LogP) is 4.77. The highest BCUT2D eigenvalue weighted by Gasteiger charge is 2.34. The third-order valence-corrected chi connectivity index (χ3v) is 6.12. The number of halogens is 1. The molecule has 1 atom stereocenters. The normalized spacial score (nSPS) is 17.5. The Balaban J connectivity index is 0.00000168. The van der Waals surface area contributed by atoms with Gasteiger partial charge in [-0.1, -0.05) is 36.0 Å². The molecule has 1 aromatic heterocycles. The van der Waals surface area contributed by atoms with Gasteiger partial charge in [-0.15, -0.1) is 12.4 Å². The average molecular weight is 384 g/mol. The van der Waals surface area contributed by atoms with Gasteiger partial charge in [0.05, 0.1) is 23.4 Å². The summed E-state index contributed by atoms with van der Waals surface area (Å²) >= 11 is 1.73. The van der Waals surface area contributed by atoms with E-state index in [1.54, 1.807) is 18.1 Å². The van der Waals surface area contributed by atoms with E-state index in [1.807, 2.05) is 41.3 Å². The summed E-state index contributed by atoms with van der Waals surface area (Å²) in [6.07, 6.45) is 4.20. The lowest BCUT2D eigenvalue weighted by Gasteiger charge is -2.34. The Morgan fingerprint density at radius 1 is 1.08 bits per heavy atom. The van der Waals surface area contributed by atoms with Crippen molar-refractivity contribution < 1.29 is 4.79 Å². The lowest BCUT2D eigenvalue weighted by atomic mass is 9.88. The van der Waals surface area contributed by atoms with Crippen LogP contribution in [0.1, 0.15) is 17.8 Å². The molecule has 0 saturated heterocycles. The number of hydrogen-bond acceptors (Lipinski definition) is 3. The molecule has 2 aromatic carbocycles. The summed E-state index contributed by atoms with van der Waals surface area (Å²) in [7, 11) is 0. The van der Waals surface area contributed by atoms with Crippen molar-refractivity contribution in [1.29, 1.82) is 0 Å². The van der Waals surface area contributed by atoms with Gasteiger partial charge in [0.1, 0.15) is 0 Å². The van der Waals surface area contributed by atoms with Gasteiger partial charge >= 0.3 is 0 Å². The number of rotatable bonds is 1. The van der Waals surface area contributed by atoms with E-state index < -0.39 is 0 Å². The number of H-pyrrole nitrogens is 1. The Morgan fingerprint density at radius 3 is 2.42 bits per heavy atom. The molecule has 0 bridgehead atoms. The molecule has 6 heteroatoms. The van der Waals surface area contributed by atoms with Crippen LogP contribution in [0, 0.1) is 5.92 Å². The number of benzene rings is 2. The van der Waals surface area contributed by atoms with Crippen LogP contribution in [0.3, 0.4) is 0 Å². The fraction of sp³-hybridized carbons (Fsp3) is 0.200. The zero-order valence-corrected chi connectivity index (χ0v) is 15.6. The molecule has 1 N–H and O–H groups in total. The number of fused-ring (bicyclic) bond motifs is 3. The second-order valence-corrected chi connectivity index (χ2v) is 7.56. The first-order valence-corrected chi connectivity index (χ1v) is 9.34. The summed E-state index contributed by atoms with van der Waals surface area (Å²) in [4.78, 5) is 25.3. The number of aryl methyl sites for hydroxylation is 1. The molecule has 1 amide bonds. The van der Waals surface area contributed by atoms with E-state index in [2.05, 4.69) is 22.1 Å². The standard InChI is InChI=1S/C20H17N3OS.ClH/c24-20(13-9-10-14-15(11-13)22-12-21-14)23-16-5-1-3-7-18(16)25-19-8-4-2-6-17(19)23;/h1-8,12-13H,9-11H2,(H,21,22);1H. The minimum absolute atomic E-state index is 0. The van der Waals surface area contributed by atoms with Crippen molar-refractivity contribution in [2.75, 3.05) is 4.90 Å². The van der Waals surface area contributed by atoms with Crippen molar-refractivity contribution in [3.05, 3.63) is 66.2 Å². The highest BCUT2D eigenvalue weighted by molar-refractivity contribution is 7.99. The lowest BCUT2D eigenvalue weighted by Crippen LogP contribution is -2.36. The maximum atomic E-state index is 13.5. The summed E-state index contributed by atoms with van der Waals surface area (Å²) < 4.78 is 0. The Hall–Kier alpha value is -2.24. The average Bonchev–Trinajstić information content (AvgIpc) is 3.13. The third-order valence-electron chi connectivity index (χ3n) is 4.99. The number of imidazole rings is 1. The van der Waals surface area contributed by atoms with Crippen molar-refractivity contribution in [2.45, 2.75) is 29.1 Å². The highest BCUT2D eigenvalue weighted by atomic mass is 35.5. The highest BCUT2D eigenvalue weighted by Crippen LogP contribution is 2.48. The monoisotopic (exact) mass is 383 g/mol. The first-order valence-electron chi connectivity index (χ1n) is 8.52. The van der Waals surface area contributed by atoms with Crippen molar-refractivity contribution in [3.63, 3.8) is 0 Å². The number of carbonyl (C=O) groups excluding carboxylic acids is 1. The van der Waals surface area contributed by atoms with Gasteiger partial charge in [-0.2, -0.15) is 0 Å². The molecule has 1 unspecified atom stereocenters. The van der Waals surface area contributed by atoms with Crippen molar-refractivity contribution in [2.24, 2.45) is 5.92 Å². The van der Waals surface area contributed by atoms with Gasteiger partial charge in [-0.25, -0.2) is 4.98 Å². The molecule has 1 aliphatic carbocycles. The number of nitrogens with one attached hydrogen (secondary N) is 1. The van der Waals surface area contributed by atoms with E-state index in [-0.39, 0.29) is 24.2 Å². The zero-order chi connectivity index (χ0) is 16.8. The molecule has 132 valence electrons. The Bertz CT molecular complexity index is 925. The van der Waals surface area contributed by atoms with Gasteiger partial charge in [0.25, 0.3) is 0 Å². The summed E-state index contributed by atoms with van der Waals surface area (Å²) in [6, 6.07) is 16.3. The molecule has 0 radical (unpaired) electrons. The molecular formula is C20H18ClN3OS. The zero-order valence-electron chi connectivity index (χ0n) is 14.0. The van der Waals surface area contributed by atoms with Crippen LogP contribution in [-0.2, 0) is 17.6 Å². The smallest absolute Gasteiger partial charge is 0.235 e. The number of nitrogens with zero attached hydrogens (tertiary/aromatic N) is 2. The molecule has 0 spiro atoms. The van der Waals surface area contributed by atoms with Crippen LogP contribution in [0.5, 0.6) is 0 Å². The van der Waals surface area contributed by atoms with Gasteiger partial charge < -0.3 is 4.98 Å². The Kier molecular flexibility index (Phi) is 4.51. The molecule has 5 rings (SSSR count). The summed E-state index contributed by atoms with van der Waals surface area (Å²) in [6.45, 7) is 0. The molecule has 1 aliphatic heterocycles. The van der Waals surface area contributed by atoms with E-state index in [0.29, 0.717) is 6.42 Å². The van der Waals surface area contributed by atoms with Crippen LogP contribution in [0.4, 0.5) is 11.4 Å². The van der Waals surface area contributed by atoms with Crippen LogP contribution >= 0.6 is 24.2 Å². The number of para-hydroxylation sites is 2. The van der Waals surface area contributed by atoms with Crippen LogP contribution in [0.2, 0.25) is 0 Å². The molecule has 4 nitrogen and oxygen atoms in total. The second-order valence-electron chi connectivity index (χ2n) is 6.48. The van der Waals surface area contributed by atoms with Crippen LogP contribution in [-0.4, -0.2) is 15.9 Å². The van der Waals surface area contributed by atoms with Gasteiger partial charge in [-0.05, 0) is 37.1 Å². The largest absolute Gasteiger partial charge is 0.348 e. The van der Waals surface area contributed by atoms with E-state index in [0.717, 1.165) is 39.7 Å². The van der Waals surface area contributed by atoms with E-state index >= 15 is 0 Å². The van der Waals surface area contributed by atoms with E-state index in [4.69, 9.17) is 0 Å². The van der Waals surface area contributed by atoms with Gasteiger partial charge in [0, 0.05) is 27.8 Å². The molecule has 26 heavy (non-hydrogen) atoms. The Morgan fingerprint density at radius 2 is 1.73 bits per heavy atom. The fourth-order valence-corrected chi connectivity index (χ4v) is 4.79. The van der Waals surface area contributed by atoms with Crippen molar-refractivity contribution in [1.82, 2.24) is 9.97 Å². The quantitative estimate of drug-likeness (QED) is 0.658. The summed E-state index contributed by atoms with van der Waals surface area (Å²) in [5.41, 5.74) is 4.20. The van der Waals surface area contributed by atoms with Gasteiger partial charge in [0.2, 0.25) is 5.91 Å². The topological polar surface area (TPSA) is 49.0 Å². The number of aromatic amines is 1. The van der Waals surface area contributed by atoms with E-state index in [1.165, 1.54) is 5.69 Å². The van der Waals surface area contributed by atoms with Gasteiger partial charge in [0.15, 0.2) is 0 Å². The number of anilines is 2. The number of hydrogen-bond donors (Lipinski definition) is 1. The third kappa shape index (κ3) is 2.72. The molecule has 2 aliphatic rings. The van der Waals surface area contributed by atoms with Crippen LogP contribution < -0.4 is 4.90 Å². The van der Waals surface area contributed by atoms with Crippen LogP contribution in [0.15, 0.2) is 64.6 Å². The minimum Gasteiger partial charge on any atom is -0.348 e. The molecule has 0 saturated carbocycles. The number of amides is 1. The predicted molar refractivity (Wildman–Crippen MR) is 106 cm³/mol. The first-order chi connectivity index (χ1) is 12.3. The van der Waals surface area contributed by atoms with Crippen molar-refractivity contribution >= 4 is 41.5 Å². The second kappa shape index (κ2) is 6.82. The first kappa shape index (κ1) is 17.2. The molecular weight excluding hydrogens is 366 g/mol. The number of aromatic nitrogens is 2. The molecule has 0 fully saturated rings. The fourth-order valence-electron chi connectivity index (χ4n) is 3.73. The maximum absolute atomic E-state index is 13.5.